The number of aromatic carboxylic acids is 1. The second kappa shape index (κ2) is 6.75. The highest BCUT2D eigenvalue weighted by atomic mass is 32.1. The Morgan fingerprint density at radius 1 is 1.36 bits per heavy atom. The van der Waals surface area contributed by atoms with Gasteiger partial charge in [-0.15, -0.1) is 11.3 Å². The van der Waals surface area contributed by atoms with Crippen LogP contribution >= 0.6 is 11.3 Å². The average Bonchev–Trinajstić information content (AvgIpc) is 3.32. The van der Waals surface area contributed by atoms with Crippen LogP contribution in [0.2, 0.25) is 0 Å². The number of rotatable bonds is 5. The van der Waals surface area contributed by atoms with Gasteiger partial charge in [0.1, 0.15) is 5.01 Å². The Morgan fingerprint density at radius 2 is 2.14 bits per heavy atom. The first-order valence-corrected chi connectivity index (χ1v) is 9.57. The molecule has 4 aromatic heterocycles. The summed E-state index contributed by atoms with van der Waals surface area (Å²) in [7, 11) is 1.92. The molecular formula is C19H19N5O3S. The smallest absolute Gasteiger partial charge is 0.351 e. The molecule has 0 saturated carbocycles. The third-order valence-corrected chi connectivity index (χ3v) is 5.69. The zero-order valence-corrected chi connectivity index (χ0v) is 16.7. The minimum atomic E-state index is -1.04. The van der Waals surface area contributed by atoms with Gasteiger partial charge in [0.05, 0.1) is 24.0 Å². The number of thiazole rings is 1. The van der Waals surface area contributed by atoms with Crippen molar-refractivity contribution < 1.29 is 14.6 Å². The number of hydrogen-bond acceptors (Lipinski definition) is 6. The van der Waals surface area contributed by atoms with Crippen molar-refractivity contribution in [3.8, 4) is 27.6 Å². The molecule has 0 fully saturated rings. The van der Waals surface area contributed by atoms with E-state index in [9.17, 15) is 9.90 Å². The Morgan fingerprint density at radius 3 is 2.79 bits per heavy atom. The summed E-state index contributed by atoms with van der Waals surface area (Å²) in [5.74, 6) is -0.887. The van der Waals surface area contributed by atoms with Crippen molar-refractivity contribution in [2.75, 3.05) is 6.61 Å². The molecule has 8 nitrogen and oxygen atoms in total. The van der Waals surface area contributed by atoms with Gasteiger partial charge < -0.3 is 9.84 Å². The zero-order chi connectivity index (χ0) is 20.0. The first-order chi connectivity index (χ1) is 13.4. The van der Waals surface area contributed by atoms with E-state index in [1.807, 2.05) is 50.1 Å². The largest absolute Gasteiger partial charge is 0.477 e. The Bertz CT molecular complexity index is 1200. The van der Waals surface area contributed by atoms with Gasteiger partial charge in [0.2, 0.25) is 5.88 Å². The Hall–Kier alpha value is -3.20. The number of aromatic nitrogens is 5. The first kappa shape index (κ1) is 18.2. The number of ether oxygens (including phenoxy) is 1. The highest BCUT2D eigenvalue weighted by Gasteiger charge is 2.21. The third kappa shape index (κ3) is 2.84. The van der Waals surface area contributed by atoms with Crippen LogP contribution in [-0.2, 0) is 7.05 Å². The lowest BCUT2D eigenvalue weighted by molar-refractivity contribution is 0.0697. The maximum absolute atomic E-state index is 11.5. The number of fused-ring (bicyclic) bond motifs is 1. The number of pyridine rings is 1. The fourth-order valence-corrected chi connectivity index (χ4v) is 4.11. The van der Waals surface area contributed by atoms with Gasteiger partial charge in [0.15, 0.2) is 4.88 Å². The lowest BCUT2D eigenvalue weighted by atomic mass is 10.0. The fourth-order valence-electron chi connectivity index (χ4n) is 3.27. The van der Waals surface area contributed by atoms with Crippen molar-refractivity contribution in [1.82, 2.24) is 24.4 Å². The van der Waals surface area contributed by atoms with E-state index >= 15 is 0 Å². The normalized spacial score (nSPS) is 11.3. The summed E-state index contributed by atoms with van der Waals surface area (Å²) in [6.07, 6.45) is 3.67. The van der Waals surface area contributed by atoms with Crippen molar-refractivity contribution in [1.29, 1.82) is 0 Å². The highest BCUT2D eigenvalue weighted by molar-refractivity contribution is 7.17. The molecule has 0 amide bonds. The topological polar surface area (TPSA) is 94.5 Å². The Balaban J connectivity index is 1.87. The van der Waals surface area contributed by atoms with Crippen molar-refractivity contribution in [2.24, 2.45) is 7.05 Å². The minimum absolute atomic E-state index is 0.101. The number of carboxylic acid groups (broad SMARTS) is 1. The SMILES string of the molecule is CCOc1nc(-c2ccn3ncc(-c4c(C)nn(C)c4C)c3c2)sc1C(=O)O. The second-order valence-corrected chi connectivity index (χ2v) is 7.36. The van der Waals surface area contributed by atoms with Crippen LogP contribution in [0, 0.1) is 13.8 Å². The number of hydrogen-bond donors (Lipinski definition) is 1. The quantitative estimate of drug-likeness (QED) is 0.553. The summed E-state index contributed by atoms with van der Waals surface area (Å²) < 4.78 is 9.04. The molecule has 0 aliphatic rings. The predicted octanol–water partition coefficient (Wildman–Crippen LogP) is 3.57. The van der Waals surface area contributed by atoms with Crippen LogP contribution < -0.4 is 4.74 Å². The van der Waals surface area contributed by atoms with Crippen molar-refractivity contribution in [3.63, 3.8) is 0 Å². The molecule has 9 heteroatoms. The van der Waals surface area contributed by atoms with Gasteiger partial charge in [-0.05, 0) is 32.9 Å². The van der Waals surface area contributed by atoms with Gasteiger partial charge >= 0.3 is 5.97 Å². The number of nitrogens with zero attached hydrogens (tertiary/aromatic N) is 5. The molecule has 0 radical (unpaired) electrons. The summed E-state index contributed by atoms with van der Waals surface area (Å²) in [5.41, 5.74) is 5.73. The van der Waals surface area contributed by atoms with Gasteiger partial charge in [-0.25, -0.2) is 14.3 Å². The number of carboxylic acids is 1. The van der Waals surface area contributed by atoms with E-state index in [2.05, 4.69) is 15.2 Å². The molecular weight excluding hydrogens is 378 g/mol. The molecule has 1 N–H and O–H groups in total. The number of aryl methyl sites for hydroxylation is 2. The lowest BCUT2D eigenvalue weighted by Crippen LogP contribution is -1.99. The molecule has 0 unspecified atom stereocenters. The molecule has 4 aromatic rings. The monoisotopic (exact) mass is 397 g/mol. The molecule has 144 valence electrons. The Labute approximate surface area is 165 Å². The van der Waals surface area contributed by atoms with E-state index in [1.165, 1.54) is 0 Å². The standard InChI is InChI=1S/C19H19N5O3S/c1-5-27-17-16(19(25)26)28-18(21-17)12-6-7-24-14(8-12)13(9-20-24)15-10(2)22-23(4)11(15)3/h6-9H,5H2,1-4H3,(H,25,26). The molecule has 0 atom stereocenters. The van der Waals surface area contributed by atoms with Crippen LogP contribution in [0.15, 0.2) is 24.5 Å². The maximum Gasteiger partial charge on any atom is 0.351 e. The Kier molecular flexibility index (Phi) is 4.38. The molecule has 4 heterocycles. The van der Waals surface area contributed by atoms with Crippen LogP contribution in [0.1, 0.15) is 28.0 Å². The maximum atomic E-state index is 11.5. The lowest BCUT2D eigenvalue weighted by Gasteiger charge is -2.03. The fraction of sp³-hybridized carbons (Fsp3) is 0.263. The summed E-state index contributed by atoms with van der Waals surface area (Å²) in [6, 6.07) is 3.83. The van der Waals surface area contributed by atoms with Crippen LogP contribution in [0.3, 0.4) is 0 Å². The van der Waals surface area contributed by atoms with Gasteiger partial charge in [-0.3, -0.25) is 4.68 Å². The highest BCUT2D eigenvalue weighted by Crippen LogP contribution is 2.35. The van der Waals surface area contributed by atoms with E-state index in [0.29, 0.717) is 11.6 Å². The molecule has 0 bridgehead atoms. The van der Waals surface area contributed by atoms with Crippen LogP contribution in [0.5, 0.6) is 5.88 Å². The summed E-state index contributed by atoms with van der Waals surface area (Å²) in [4.78, 5) is 16.0. The second-order valence-electron chi connectivity index (χ2n) is 6.36. The van der Waals surface area contributed by atoms with E-state index in [1.54, 1.807) is 11.4 Å². The van der Waals surface area contributed by atoms with Gasteiger partial charge in [-0.1, -0.05) is 0 Å². The summed E-state index contributed by atoms with van der Waals surface area (Å²) in [5, 5.41) is 18.9. The van der Waals surface area contributed by atoms with Gasteiger partial charge in [-0.2, -0.15) is 10.2 Å². The molecule has 0 aliphatic heterocycles. The first-order valence-electron chi connectivity index (χ1n) is 8.76. The molecule has 4 rings (SSSR count). The average molecular weight is 397 g/mol. The van der Waals surface area contributed by atoms with Crippen molar-refractivity contribution >= 4 is 22.8 Å². The summed E-state index contributed by atoms with van der Waals surface area (Å²) >= 11 is 1.10. The van der Waals surface area contributed by atoms with Crippen LogP contribution in [0.4, 0.5) is 0 Å². The summed E-state index contributed by atoms with van der Waals surface area (Å²) in [6.45, 7) is 6.16. The third-order valence-electron chi connectivity index (χ3n) is 4.62. The van der Waals surface area contributed by atoms with E-state index < -0.39 is 5.97 Å². The van der Waals surface area contributed by atoms with Crippen molar-refractivity contribution in [2.45, 2.75) is 20.8 Å². The zero-order valence-electron chi connectivity index (χ0n) is 15.9. The molecule has 0 aromatic carbocycles. The molecule has 28 heavy (non-hydrogen) atoms. The molecule has 0 aliphatic carbocycles. The van der Waals surface area contributed by atoms with E-state index in [0.717, 1.165) is 44.9 Å². The predicted molar refractivity (Wildman–Crippen MR) is 106 cm³/mol. The number of carbonyl (C=O) groups is 1. The van der Waals surface area contributed by atoms with Crippen LogP contribution in [0.25, 0.3) is 27.2 Å². The van der Waals surface area contributed by atoms with Gasteiger partial charge in [0, 0.05) is 35.6 Å². The minimum Gasteiger partial charge on any atom is -0.477 e. The van der Waals surface area contributed by atoms with E-state index in [-0.39, 0.29) is 10.8 Å². The van der Waals surface area contributed by atoms with E-state index in [4.69, 9.17) is 4.74 Å². The van der Waals surface area contributed by atoms with Crippen molar-refractivity contribution in [3.05, 3.63) is 40.8 Å². The van der Waals surface area contributed by atoms with Gasteiger partial charge in [0.25, 0.3) is 0 Å². The molecule has 0 spiro atoms. The van der Waals surface area contributed by atoms with Crippen LogP contribution in [-0.4, -0.2) is 42.1 Å². The molecule has 0 saturated heterocycles.